The van der Waals surface area contributed by atoms with Crippen molar-refractivity contribution in [3.63, 3.8) is 0 Å². The standard InChI is InChI=1S/C35H60N4O6/c1-35(2,3)45-34(43)37-26-18-12-16-24-32(41)39(5)28-20-9-7-6-8-19-27-38(4)31(40)23-15-11-17-25-36-33(42)44-29-30-21-13-10-14-22-30/h10,13-14,21-22H,6-9,11-12,15-20,23-29H2,1-5H3,(H,36,42)(H,37,43). The van der Waals surface area contributed by atoms with Crippen LogP contribution in [0.3, 0.4) is 0 Å². The van der Waals surface area contributed by atoms with Gasteiger partial charge in [-0.3, -0.25) is 9.59 Å². The van der Waals surface area contributed by atoms with Crippen molar-refractivity contribution in [2.45, 2.75) is 123 Å². The molecular formula is C35H60N4O6. The number of alkyl carbamates (subject to hydrolysis) is 2. The van der Waals surface area contributed by atoms with E-state index >= 15 is 0 Å². The van der Waals surface area contributed by atoms with Crippen molar-refractivity contribution in [2.24, 2.45) is 0 Å². The molecule has 1 aromatic carbocycles. The lowest BCUT2D eigenvalue weighted by molar-refractivity contribution is -0.130. The molecule has 0 saturated carbocycles. The van der Waals surface area contributed by atoms with Crippen LogP contribution >= 0.6 is 0 Å². The Kier molecular flexibility index (Phi) is 21.2. The van der Waals surface area contributed by atoms with Gasteiger partial charge in [-0.25, -0.2) is 9.59 Å². The fourth-order valence-electron chi connectivity index (χ4n) is 4.66. The molecule has 45 heavy (non-hydrogen) atoms. The third kappa shape index (κ3) is 22.8. The van der Waals surface area contributed by atoms with E-state index in [9.17, 15) is 19.2 Å². The third-order valence-electron chi connectivity index (χ3n) is 7.37. The summed E-state index contributed by atoms with van der Waals surface area (Å²) in [4.78, 5) is 51.8. The van der Waals surface area contributed by atoms with Gasteiger partial charge in [0.1, 0.15) is 12.2 Å². The van der Waals surface area contributed by atoms with Crippen LogP contribution in [0, 0.1) is 0 Å². The van der Waals surface area contributed by atoms with Crippen molar-refractivity contribution in [1.82, 2.24) is 20.4 Å². The lowest BCUT2D eigenvalue weighted by Gasteiger charge is -2.19. The van der Waals surface area contributed by atoms with E-state index in [1.54, 1.807) is 0 Å². The molecule has 0 saturated heterocycles. The zero-order chi connectivity index (χ0) is 33.3. The van der Waals surface area contributed by atoms with E-state index in [-0.39, 0.29) is 18.4 Å². The number of unbranched alkanes of at least 4 members (excludes halogenated alkanes) is 9. The normalized spacial score (nSPS) is 11.0. The second kappa shape index (κ2) is 24.0. The number of amides is 4. The maximum atomic E-state index is 12.4. The van der Waals surface area contributed by atoms with E-state index in [0.717, 1.165) is 95.7 Å². The molecule has 1 aromatic rings. The zero-order valence-corrected chi connectivity index (χ0v) is 28.7. The van der Waals surface area contributed by atoms with E-state index in [2.05, 4.69) is 10.6 Å². The van der Waals surface area contributed by atoms with Gasteiger partial charge < -0.3 is 29.9 Å². The van der Waals surface area contributed by atoms with Crippen LogP contribution in [0.5, 0.6) is 0 Å². The first-order chi connectivity index (χ1) is 21.5. The number of ether oxygens (including phenoxy) is 2. The predicted octanol–water partition coefficient (Wildman–Crippen LogP) is 6.82. The van der Waals surface area contributed by atoms with E-state index in [1.807, 2.05) is 75.0 Å². The fraction of sp³-hybridized carbons (Fsp3) is 0.714. The van der Waals surface area contributed by atoms with Crippen molar-refractivity contribution in [2.75, 3.05) is 40.3 Å². The first-order valence-corrected chi connectivity index (χ1v) is 16.9. The summed E-state index contributed by atoms with van der Waals surface area (Å²) in [6.07, 6.45) is 11.8. The quantitative estimate of drug-likeness (QED) is 0.128. The summed E-state index contributed by atoms with van der Waals surface area (Å²) >= 11 is 0. The molecule has 0 aliphatic rings. The molecule has 0 fully saturated rings. The Labute approximate surface area is 272 Å². The number of nitrogens with one attached hydrogen (secondary N) is 2. The summed E-state index contributed by atoms with van der Waals surface area (Å²) in [6.45, 7) is 8.43. The van der Waals surface area contributed by atoms with Crippen LogP contribution < -0.4 is 10.6 Å². The largest absolute Gasteiger partial charge is 0.445 e. The lowest BCUT2D eigenvalue weighted by Crippen LogP contribution is -2.33. The topological polar surface area (TPSA) is 117 Å². The minimum atomic E-state index is -0.494. The molecule has 256 valence electrons. The van der Waals surface area contributed by atoms with Gasteiger partial charge in [-0.05, 0) is 64.9 Å². The SMILES string of the molecule is CN(CCCCCCCCN(C)C(=O)CCCCCNC(=O)OC(C)(C)C)C(=O)CCCCCNC(=O)OCc1ccccc1. The van der Waals surface area contributed by atoms with Gasteiger partial charge in [0.15, 0.2) is 0 Å². The molecule has 1 rings (SSSR count). The van der Waals surface area contributed by atoms with Gasteiger partial charge in [0.25, 0.3) is 0 Å². The second-order valence-corrected chi connectivity index (χ2v) is 12.8. The zero-order valence-electron chi connectivity index (χ0n) is 28.7. The van der Waals surface area contributed by atoms with Crippen molar-refractivity contribution in [1.29, 1.82) is 0 Å². The first kappa shape index (κ1) is 39.7. The van der Waals surface area contributed by atoms with Crippen LogP contribution in [-0.2, 0) is 25.7 Å². The molecule has 4 amide bonds. The third-order valence-corrected chi connectivity index (χ3v) is 7.37. The van der Waals surface area contributed by atoms with Crippen LogP contribution in [0.15, 0.2) is 30.3 Å². The van der Waals surface area contributed by atoms with E-state index in [4.69, 9.17) is 9.47 Å². The molecule has 0 radical (unpaired) electrons. The Morgan fingerprint density at radius 2 is 1.07 bits per heavy atom. The molecule has 0 aromatic heterocycles. The number of nitrogens with zero attached hydrogens (tertiary/aromatic N) is 2. The molecule has 0 heterocycles. The highest BCUT2D eigenvalue weighted by molar-refractivity contribution is 5.76. The average Bonchev–Trinajstić information content (AvgIpc) is 2.99. The average molecular weight is 633 g/mol. The number of benzene rings is 1. The van der Waals surface area contributed by atoms with Gasteiger partial charge in [0.2, 0.25) is 11.8 Å². The number of hydrogen-bond donors (Lipinski definition) is 2. The second-order valence-electron chi connectivity index (χ2n) is 12.8. The van der Waals surface area contributed by atoms with Crippen LogP contribution in [0.25, 0.3) is 0 Å². The first-order valence-electron chi connectivity index (χ1n) is 16.9. The Hall–Kier alpha value is -3.30. The number of carbonyl (C=O) groups excluding carboxylic acids is 4. The van der Waals surface area contributed by atoms with Crippen molar-refractivity contribution in [3.8, 4) is 0 Å². The number of carbonyl (C=O) groups is 4. The molecule has 0 aliphatic heterocycles. The number of hydrogen-bond acceptors (Lipinski definition) is 6. The summed E-state index contributed by atoms with van der Waals surface area (Å²) in [5, 5.41) is 5.51. The van der Waals surface area contributed by atoms with Gasteiger partial charge in [-0.2, -0.15) is 0 Å². The molecule has 2 N–H and O–H groups in total. The summed E-state index contributed by atoms with van der Waals surface area (Å²) in [5.41, 5.74) is 0.460. The Balaban J connectivity index is 1.92. The predicted molar refractivity (Wildman–Crippen MR) is 179 cm³/mol. The van der Waals surface area contributed by atoms with Crippen molar-refractivity contribution in [3.05, 3.63) is 35.9 Å². The summed E-state index contributed by atoms with van der Waals surface area (Å²) in [6, 6.07) is 9.57. The summed E-state index contributed by atoms with van der Waals surface area (Å²) in [7, 11) is 3.75. The Morgan fingerprint density at radius 1 is 0.622 bits per heavy atom. The van der Waals surface area contributed by atoms with Crippen molar-refractivity contribution < 1.29 is 28.7 Å². The van der Waals surface area contributed by atoms with E-state index in [1.165, 1.54) is 0 Å². The highest BCUT2D eigenvalue weighted by atomic mass is 16.6. The molecule has 10 nitrogen and oxygen atoms in total. The molecular weight excluding hydrogens is 572 g/mol. The van der Waals surface area contributed by atoms with Crippen LogP contribution in [0.4, 0.5) is 9.59 Å². The van der Waals surface area contributed by atoms with Gasteiger partial charge in [-0.1, -0.05) is 68.9 Å². The minimum absolute atomic E-state index is 0.176. The molecule has 0 atom stereocenters. The molecule has 0 unspecified atom stereocenters. The highest BCUT2D eigenvalue weighted by Crippen LogP contribution is 2.10. The van der Waals surface area contributed by atoms with Gasteiger partial charge in [0, 0.05) is 53.1 Å². The minimum Gasteiger partial charge on any atom is -0.445 e. The molecule has 0 bridgehead atoms. The maximum absolute atomic E-state index is 12.4. The van der Waals surface area contributed by atoms with Crippen LogP contribution in [0.1, 0.15) is 116 Å². The molecule has 10 heteroatoms. The van der Waals surface area contributed by atoms with E-state index in [0.29, 0.717) is 25.9 Å². The van der Waals surface area contributed by atoms with E-state index < -0.39 is 17.8 Å². The maximum Gasteiger partial charge on any atom is 0.407 e. The summed E-state index contributed by atoms with van der Waals surface area (Å²) < 4.78 is 10.4. The molecule has 0 aliphatic carbocycles. The van der Waals surface area contributed by atoms with Gasteiger partial charge in [0.05, 0.1) is 0 Å². The van der Waals surface area contributed by atoms with Crippen LogP contribution in [-0.4, -0.2) is 79.7 Å². The fourth-order valence-corrected chi connectivity index (χ4v) is 4.66. The Bertz CT molecular complexity index is 967. The number of rotatable bonds is 23. The van der Waals surface area contributed by atoms with Gasteiger partial charge >= 0.3 is 12.2 Å². The van der Waals surface area contributed by atoms with Crippen LogP contribution in [0.2, 0.25) is 0 Å². The van der Waals surface area contributed by atoms with Crippen molar-refractivity contribution >= 4 is 24.0 Å². The summed E-state index contributed by atoms with van der Waals surface area (Å²) in [5.74, 6) is 0.356. The highest BCUT2D eigenvalue weighted by Gasteiger charge is 2.15. The lowest BCUT2D eigenvalue weighted by atomic mass is 10.1. The Morgan fingerprint density at radius 3 is 1.56 bits per heavy atom. The van der Waals surface area contributed by atoms with Gasteiger partial charge in [-0.15, -0.1) is 0 Å². The smallest absolute Gasteiger partial charge is 0.407 e. The monoisotopic (exact) mass is 632 g/mol. The molecule has 0 spiro atoms.